The first-order valence-corrected chi connectivity index (χ1v) is 7.15. The molecule has 2 aromatic carbocycles. The Morgan fingerprint density at radius 2 is 1.86 bits per heavy atom. The largest absolute Gasteiger partial charge is 0.303 e. The third-order valence-electron chi connectivity index (χ3n) is 3.88. The summed E-state index contributed by atoms with van der Waals surface area (Å²) in [4.78, 5) is 14.3. The number of rotatable bonds is 0. The van der Waals surface area contributed by atoms with Crippen LogP contribution < -0.4 is 4.90 Å². The summed E-state index contributed by atoms with van der Waals surface area (Å²) >= 11 is 0. The fourth-order valence-corrected chi connectivity index (χ4v) is 2.77. The Morgan fingerprint density at radius 3 is 2.67 bits per heavy atom. The molecule has 0 saturated carbocycles. The number of hydrogen-bond acceptors (Lipinski definition) is 1. The van der Waals surface area contributed by atoms with Gasteiger partial charge in [-0.05, 0) is 43.5 Å². The van der Waals surface area contributed by atoms with Crippen molar-refractivity contribution in [3.8, 4) is 11.8 Å². The van der Waals surface area contributed by atoms with Crippen LogP contribution in [-0.2, 0) is 11.2 Å². The van der Waals surface area contributed by atoms with Crippen LogP contribution >= 0.6 is 0 Å². The van der Waals surface area contributed by atoms with Gasteiger partial charge in [-0.2, -0.15) is 0 Å². The van der Waals surface area contributed by atoms with Gasteiger partial charge in [-0.1, -0.05) is 42.3 Å². The highest BCUT2D eigenvalue weighted by Crippen LogP contribution is 2.31. The molecule has 0 aliphatic carbocycles. The van der Waals surface area contributed by atoms with Crippen LogP contribution in [0.5, 0.6) is 0 Å². The van der Waals surface area contributed by atoms with Gasteiger partial charge in [0.1, 0.15) is 0 Å². The molecule has 2 nitrogen and oxygen atoms in total. The molecule has 1 aliphatic heterocycles. The van der Waals surface area contributed by atoms with Gasteiger partial charge in [-0.15, -0.1) is 0 Å². The van der Waals surface area contributed by atoms with Gasteiger partial charge in [0.2, 0.25) is 0 Å². The predicted molar refractivity (Wildman–Crippen MR) is 85.2 cm³/mol. The third-order valence-corrected chi connectivity index (χ3v) is 3.88. The van der Waals surface area contributed by atoms with E-state index in [4.69, 9.17) is 0 Å². The normalized spacial score (nSPS) is 16.1. The van der Waals surface area contributed by atoms with E-state index >= 15 is 0 Å². The van der Waals surface area contributed by atoms with Gasteiger partial charge >= 0.3 is 5.91 Å². The maximum absolute atomic E-state index is 12.5. The van der Waals surface area contributed by atoms with Gasteiger partial charge in [0.25, 0.3) is 0 Å². The van der Waals surface area contributed by atoms with Crippen molar-refractivity contribution in [1.29, 1.82) is 0 Å². The summed E-state index contributed by atoms with van der Waals surface area (Å²) in [6.07, 6.45) is 0.897. The fourth-order valence-electron chi connectivity index (χ4n) is 2.77. The van der Waals surface area contributed by atoms with E-state index in [2.05, 4.69) is 24.8 Å². The number of nitrogens with zero attached hydrogens (tertiary/aromatic N) is 1. The lowest BCUT2D eigenvalue weighted by atomic mass is 10.1. The van der Waals surface area contributed by atoms with Crippen LogP contribution in [0.4, 0.5) is 5.69 Å². The molecular weight excluding hydrogens is 258 g/mol. The van der Waals surface area contributed by atoms with Crippen molar-refractivity contribution in [2.45, 2.75) is 26.3 Å². The number of amides is 1. The topological polar surface area (TPSA) is 20.3 Å². The summed E-state index contributed by atoms with van der Waals surface area (Å²) in [7, 11) is 0. The third kappa shape index (κ3) is 2.55. The number of carbonyl (C=O) groups is 1. The number of para-hydroxylation sites is 1. The van der Waals surface area contributed by atoms with Gasteiger partial charge in [0.15, 0.2) is 0 Å². The van der Waals surface area contributed by atoms with Crippen molar-refractivity contribution >= 4 is 11.6 Å². The minimum Gasteiger partial charge on any atom is -0.298 e. The second-order valence-corrected chi connectivity index (χ2v) is 5.42. The number of hydrogen-bond donors (Lipinski definition) is 0. The number of aryl methyl sites for hydroxylation is 1. The summed E-state index contributed by atoms with van der Waals surface area (Å²) in [5.74, 6) is 5.66. The van der Waals surface area contributed by atoms with Crippen molar-refractivity contribution < 1.29 is 4.79 Å². The minimum absolute atomic E-state index is 0.129. The zero-order valence-corrected chi connectivity index (χ0v) is 12.3. The predicted octanol–water partition coefficient (Wildman–Crippen LogP) is 3.32. The van der Waals surface area contributed by atoms with E-state index in [1.165, 1.54) is 5.56 Å². The molecule has 0 saturated heterocycles. The Morgan fingerprint density at radius 1 is 1.14 bits per heavy atom. The van der Waals surface area contributed by atoms with Gasteiger partial charge < -0.3 is 0 Å². The average molecular weight is 275 g/mol. The maximum atomic E-state index is 12.5. The van der Waals surface area contributed by atoms with Crippen LogP contribution in [0.2, 0.25) is 0 Å². The van der Waals surface area contributed by atoms with E-state index in [0.717, 1.165) is 23.2 Å². The first-order chi connectivity index (χ1) is 10.2. The SMILES string of the molecule is Cc1ccccc1C#CC(=O)N1c2ccccc2CC1C. The molecule has 0 fully saturated rings. The molecule has 0 radical (unpaired) electrons. The average Bonchev–Trinajstić information content (AvgIpc) is 2.82. The molecule has 2 heteroatoms. The highest BCUT2D eigenvalue weighted by atomic mass is 16.2. The highest BCUT2D eigenvalue weighted by Gasteiger charge is 2.29. The molecule has 1 amide bonds. The molecule has 1 unspecified atom stereocenters. The van der Waals surface area contributed by atoms with Crippen molar-refractivity contribution in [3.05, 3.63) is 65.2 Å². The van der Waals surface area contributed by atoms with E-state index in [-0.39, 0.29) is 11.9 Å². The number of anilines is 1. The summed E-state index contributed by atoms with van der Waals surface area (Å²) in [5.41, 5.74) is 4.21. The Kier molecular flexibility index (Phi) is 3.50. The molecule has 0 N–H and O–H groups in total. The van der Waals surface area contributed by atoms with Crippen molar-refractivity contribution in [1.82, 2.24) is 0 Å². The molecule has 21 heavy (non-hydrogen) atoms. The zero-order chi connectivity index (χ0) is 14.8. The standard InChI is InChI=1S/C19H17NO/c1-14-7-3-4-8-16(14)11-12-19(21)20-15(2)13-17-9-5-6-10-18(17)20/h3-10,15H,13H2,1-2H3. The lowest BCUT2D eigenvalue weighted by Crippen LogP contribution is -2.34. The molecule has 1 heterocycles. The van der Waals surface area contributed by atoms with Gasteiger partial charge in [0.05, 0.1) is 0 Å². The lowest BCUT2D eigenvalue weighted by molar-refractivity contribution is -0.113. The van der Waals surface area contributed by atoms with Crippen LogP contribution in [0.3, 0.4) is 0 Å². The molecule has 104 valence electrons. The maximum Gasteiger partial charge on any atom is 0.303 e. The molecule has 0 bridgehead atoms. The van der Waals surface area contributed by atoms with Crippen LogP contribution in [0, 0.1) is 18.8 Å². The van der Waals surface area contributed by atoms with E-state index in [0.29, 0.717) is 0 Å². The van der Waals surface area contributed by atoms with E-state index < -0.39 is 0 Å². The highest BCUT2D eigenvalue weighted by molar-refractivity contribution is 6.07. The van der Waals surface area contributed by atoms with Crippen LogP contribution in [0.15, 0.2) is 48.5 Å². The summed E-state index contributed by atoms with van der Waals surface area (Å²) in [6.45, 7) is 4.07. The molecule has 0 spiro atoms. The Bertz CT molecular complexity index is 751. The summed E-state index contributed by atoms with van der Waals surface area (Å²) < 4.78 is 0. The lowest BCUT2D eigenvalue weighted by Gasteiger charge is -2.19. The first kappa shape index (κ1) is 13.5. The Labute approximate surface area is 125 Å². The van der Waals surface area contributed by atoms with Crippen LogP contribution in [0.25, 0.3) is 0 Å². The van der Waals surface area contributed by atoms with Crippen LogP contribution in [-0.4, -0.2) is 11.9 Å². The van der Waals surface area contributed by atoms with Crippen molar-refractivity contribution in [2.24, 2.45) is 0 Å². The monoisotopic (exact) mass is 275 g/mol. The minimum atomic E-state index is -0.129. The number of fused-ring (bicyclic) bond motifs is 1. The Hall–Kier alpha value is -2.53. The summed E-state index contributed by atoms with van der Waals surface area (Å²) in [5, 5.41) is 0. The van der Waals surface area contributed by atoms with Crippen LogP contribution in [0.1, 0.15) is 23.6 Å². The zero-order valence-electron chi connectivity index (χ0n) is 12.3. The van der Waals surface area contributed by atoms with Gasteiger partial charge in [-0.3, -0.25) is 9.69 Å². The second kappa shape index (κ2) is 5.46. The number of carbonyl (C=O) groups excluding carboxylic acids is 1. The number of benzene rings is 2. The van der Waals surface area contributed by atoms with Crippen molar-refractivity contribution in [2.75, 3.05) is 4.90 Å². The van der Waals surface area contributed by atoms with E-state index in [1.807, 2.05) is 49.4 Å². The van der Waals surface area contributed by atoms with Gasteiger partial charge in [0, 0.05) is 23.2 Å². The Balaban J connectivity index is 1.89. The molecule has 1 aliphatic rings. The molecule has 2 aromatic rings. The molecule has 3 rings (SSSR count). The van der Waals surface area contributed by atoms with E-state index in [1.54, 1.807) is 4.90 Å². The fraction of sp³-hybridized carbons (Fsp3) is 0.211. The first-order valence-electron chi connectivity index (χ1n) is 7.15. The molecule has 1 atom stereocenters. The quantitative estimate of drug-likeness (QED) is 0.675. The second-order valence-electron chi connectivity index (χ2n) is 5.42. The van der Waals surface area contributed by atoms with Crippen molar-refractivity contribution in [3.63, 3.8) is 0 Å². The smallest absolute Gasteiger partial charge is 0.298 e. The summed E-state index contributed by atoms with van der Waals surface area (Å²) in [6, 6.07) is 16.1. The molecular formula is C19H17NO. The van der Waals surface area contributed by atoms with E-state index in [9.17, 15) is 4.79 Å². The van der Waals surface area contributed by atoms with Gasteiger partial charge in [-0.25, -0.2) is 0 Å². The molecule has 0 aromatic heterocycles.